The van der Waals surface area contributed by atoms with Crippen LogP contribution in [-0.2, 0) is 32.6 Å². The van der Waals surface area contributed by atoms with Crippen LogP contribution in [0, 0.1) is 0 Å². The molecule has 1 fully saturated rings. The average Bonchev–Trinajstić information content (AvgIpc) is 3.08. The van der Waals surface area contributed by atoms with Crippen LogP contribution in [0.3, 0.4) is 0 Å². The standard InChI is InChI=1S/C36H36Cl3N3O4S/c37-28-15-10-14-27(22-28)24-41(33(23-26-12-4-1-5-13-26)36(44)40-29-16-6-2-7-17-29)34(43)25-42(32-21-11-20-31(38)35(32)39)47(45,46)30-18-8-3-9-19-30/h1,3-5,8-15,18-22,29,33H,2,6-7,16-17,23-25H2,(H,40,44)/t33-/m0/s1. The second kappa shape index (κ2) is 16.0. The van der Waals surface area contributed by atoms with E-state index in [1.54, 1.807) is 48.5 Å². The Balaban J connectivity index is 1.58. The smallest absolute Gasteiger partial charge is 0.264 e. The van der Waals surface area contributed by atoms with Crippen LogP contribution in [0.15, 0.2) is 108 Å². The summed E-state index contributed by atoms with van der Waals surface area (Å²) in [6.45, 7) is -0.628. The SMILES string of the molecule is O=C(NC1CCCCC1)[C@H](Cc1ccccc1)N(Cc1cccc(Cl)c1)C(=O)CN(c1cccc(Cl)c1Cl)S(=O)(=O)c1ccccc1. The van der Waals surface area contributed by atoms with Gasteiger partial charge in [-0.1, -0.05) is 121 Å². The summed E-state index contributed by atoms with van der Waals surface area (Å²) < 4.78 is 29.3. The van der Waals surface area contributed by atoms with Gasteiger partial charge in [-0.25, -0.2) is 8.42 Å². The summed E-state index contributed by atoms with van der Waals surface area (Å²) in [6, 6.07) is 27.9. The maximum Gasteiger partial charge on any atom is 0.264 e. The number of sulfonamides is 1. The fourth-order valence-electron chi connectivity index (χ4n) is 5.85. The molecule has 1 N–H and O–H groups in total. The van der Waals surface area contributed by atoms with Crippen molar-refractivity contribution in [2.75, 3.05) is 10.8 Å². The first-order valence-electron chi connectivity index (χ1n) is 15.5. The van der Waals surface area contributed by atoms with Crippen molar-refractivity contribution >= 4 is 62.3 Å². The lowest BCUT2D eigenvalue weighted by Crippen LogP contribution is -2.55. The summed E-state index contributed by atoms with van der Waals surface area (Å²) >= 11 is 19.3. The molecule has 0 heterocycles. The van der Waals surface area contributed by atoms with Crippen LogP contribution < -0.4 is 9.62 Å². The van der Waals surface area contributed by atoms with E-state index < -0.39 is 28.5 Å². The number of anilines is 1. The van der Waals surface area contributed by atoms with Crippen LogP contribution in [0.5, 0.6) is 0 Å². The van der Waals surface area contributed by atoms with Crippen molar-refractivity contribution in [3.63, 3.8) is 0 Å². The number of hydrogen-bond acceptors (Lipinski definition) is 4. The molecule has 0 aliphatic heterocycles. The van der Waals surface area contributed by atoms with Gasteiger partial charge >= 0.3 is 0 Å². The van der Waals surface area contributed by atoms with Crippen LogP contribution in [0.4, 0.5) is 5.69 Å². The summed E-state index contributed by atoms with van der Waals surface area (Å²) in [5.74, 6) is -0.894. The number of halogens is 3. The molecule has 1 aliphatic rings. The highest BCUT2D eigenvalue weighted by Crippen LogP contribution is 2.35. The highest BCUT2D eigenvalue weighted by atomic mass is 35.5. The Morgan fingerprint density at radius 3 is 2.11 bits per heavy atom. The molecule has 0 saturated heterocycles. The van der Waals surface area contributed by atoms with Gasteiger partial charge in [0.1, 0.15) is 12.6 Å². The largest absolute Gasteiger partial charge is 0.352 e. The third kappa shape index (κ3) is 8.87. The van der Waals surface area contributed by atoms with Crippen molar-refractivity contribution in [2.45, 2.75) is 62.0 Å². The zero-order valence-electron chi connectivity index (χ0n) is 25.7. The van der Waals surface area contributed by atoms with E-state index in [-0.39, 0.29) is 45.5 Å². The van der Waals surface area contributed by atoms with Crippen LogP contribution in [-0.4, -0.2) is 43.8 Å². The number of nitrogens with zero attached hydrogens (tertiary/aromatic N) is 2. The Kier molecular flexibility index (Phi) is 11.9. The molecular weight excluding hydrogens is 677 g/mol. The van der Waals surface area contributed by atoms with Crippen LogP contribution in [0.2, 0.25) is 15.1 Å². The first-order chi connectivity index (χ1) is 22.6. The fraction of sp³-hybridized carbons (Fsp3) is 0.278. The first kappa shape index (κ1) is 34.8. The Labute approximate surface area is 291 Å². The summed E-state index contributed by atoms with van der Waals surface area (Å²) in [4.78, 5) is 30.3. The van der Waals surface area contributed by atoms with Gasteiger partial charge in [-0.15, -0.1) is 0 Å². The predicted molar refractivity (Wildman–Crippen MR) is 188 cm³/mol. The molecule has 0 aromatic heterocycles. The van der Waals surface area contributed by atoms with E-state index in [9.17, 15) is 18.0 Å². The summed E-state index contributed by atoms with van der Waals surface area (Å²) in [7, 11) is -4.31. The molecule has 1 atom stereocenters. The van der Waals surface area contributed by atoms with E-state index in [0.717, 1.165) is 42.0 Å². The topological polar surface area (TPSA) is 86.8 Å². The molecule has 5 rings (SSSR count). The molecule has 4 aromatic rings. The van der Waals surface area contributed by atoms with E-state index in [4.69, 9.17) is 34.8 Å². The normalized spacial score (nSPS) is 14.3. The Morgan fingerprint density at radius 2 is 1.43 bits per heavy atom. The molecule has 47 heavy (non-hydrogen) atoms. The summed E-state index contributed by atoms with van der Waals surface area (Å²) in [5, 5.41) is 3.79. The van der Waals surface area contributed by atoms with Gasteiger partial charge in [0.15, 0.2) is 0 Å². The highest BCUT2D eigenvalue weighted by Gasteiger charge is 2.36. The van der Waals surface area contributed by atoms with Gasteiger partial charge in [0, 0.05) is 24.0 Å². The third-order valence-corrected chi connectivity index (χ3v) is 11.1. The number of nitrogens with one attached hydrogen (secondary N) is 1. The van der Waals surface area contributed by atoms with Crippen molar-refractivity contribution in [2.24, 2.45) is 0 Å². The maximum absolute atomic E-state index is 14.6. The van der Waals surface area contributed by atoms with Crippen molar-refractivity contribution in [1.29, 1.82) is 0 Å². The Bertz CT molecular complexity index is 1790. The molecule has 0 bridgehead atoms. The summed E-state index contributed by atoms with van der Waals surface area (Å²) in [5.41, 5.74) is 1.59. The number of benzene rings is 4. The number of carbonyl (C=O) groups is 2. The molecule has 1 saturated carbocycles. The van der Waals surface area contributed by atoms with E-state index in [1.165, 1.54) is 23.1 Å². The lowest BCUT2D eigenvalue weighted by Gasteiger charge is -2.35. The maximum atomic E-state index is 14.6. The molecule has 11 heteroatoms. The zero-order valence-corrected chi connectivity index (χ0v) is 28.8. The van der Waals surface area contributed by atoms with Gasteiger partial charge in [-0.2, -0.15) is 0 Å². The first-order valence-corrected chi connectivity index (χ1v) is 18.1. The average molecular weight is 713 g/mol. The van der Waals surface area contributed by atoms with Crippen LogP contribution >= 0.6 is 34.8 Å². The van der Waals surface area contributed by atoms with E-state index in [2.05, 4.69) is 5.32 Å². The number of carbonyl (C=O) groups excluding carboxylic acids is 2. The van der Waals surface area contributed by atoms with Gasteiger partial charge in [-0.3, -0.25) is 13.9 Å². The van der Waals surface area contributed by atoms with Crippen molar-refractivity contribution in [3.05, 3.63) is 129 Å². The molecule has 0 radical (unpaired) electrons. The monoisotopic (exact) mass is 711 g/mol. The van der Waals surface area contributed by atoms with Gasteiger partial charge in [0.25, 0.3) is 10.0 Å². The van der Waals surface area contributed by atoms with E-state index in [1.807, 2.05) is 36.4 Å². The highest BCUT2D eigenvalue weighted by molar-refractivity contribution is 7.92. The van der Waals surface area contributed by atoms with Crippen LogP contribution in [0.1, 0.15) is 43.2 Å². The molecular formula is C36H36Cl3N3O4S. The minimum Gasteiger partial charge on any atom is -0.352 e. The molecule has 2 amide bonds. The van der Waals surface area contributed by atoms with Gasteiger partial charge < -0.3 is 10.2 Å². The van der Waals surface area contributed by atoms with E-state index in [0.29, 0.717) is 10.6 Å². The quantitative estimate of drug-likeness (QED) is 0.162. The molecule has 1 aliphatic carbocycles. The molecule has 7 nitrogen and oxygen atoms in total. The minimum atomic E-state index is -4.31. The van der Waals surface area contributed by atoms with Gasteiger partial charge in [-0.05, 0) is 60.4 Å². The molecule has 4 aromatic carbocycles. The molecule has 246 valence electrons. The number of rotatable bonds is 12. The molecule has 0 spiro atoms. The van der Waals surface area contributed by atoms with E-state index >= 15 is 0 Å². The molecule has 0 unspecified atom stereocenters. The third-order valence-electron chi connectivity index (χ3n) is 8.27. The second-order valence-corrected chi connectivity index (χ2v) is 14.7. The van der Waals surface area contributed by atoms with Crippen molar-refractivity contribution < 1.29 is 18.0 Å². The number of hydrogen-bond donors (Lipinski definition) is 1. The van der Waals surface area contributed by atoms with Crippen molar-refractivity contribution in [3.8, 4) is 0 Å². The lowest BCUT2D eigenvalue weighted by molar-refractivity contribution is -0.140. The second-order valence-electron chi connectivity index (χ2n) is 11.6. The van der Waals surface area contributed by atoms with Crippen LogP contribution in [0.25, 0.3) is 0 Å². The van der Waals surface area contributed by atoms with Crippen molar-refractivity contribution in [1.82, 2.24) is 10.2 Å². The Morgan fingerprint density at radius 1 is 0.787 bits per heavy atom. The van der Waals surface area contributed by atoms with Gasteiger partial charge in [0.05, 0.1) is 20.6 Å². The zero-order chi connectivity index (χ0) is 33.4. The number of amides is 2. The minimum absolute atomic E-state index is 0.00197. The fourth-order valence-corrected chi connectivity index (χ4v) is 7.96. The predicted octanol–water partition coefficient (Wildman–Crippen LogP) is 7.93. The Hall–Kier alpha value is -3.56. The van der Waals surface area contributed by atoms with Gasteiger partial charge in [0.2, 0.25) is 11.8 Å². The lowest BCUT2D eigenvalue weighted by atomic mass is 9.94. The summed E-state index contributed by atoms with van der Waals surface area (Å²) in [6.07, 6.45) is 5.11.